The molecule has 0 radical (unpaired) electrons. The second-order valence-electron chi connectivity index (χ2n) is 8.80. The molecule has 1 rings (SSSR count). The predicted octanol–water partition coefficient (Wildman–Crippen LogP) is 2.30. The van der Waals surface area contributed by atoms with E-state index >= 15 is 0 Å². The molecule has 1 aromatic rings. The van der Waals surface area contributed by atoms with E-state index in [2.05, 4.69) is 5.32 Å². The summed E-state index contributed by atoms with van der Waals surface area (Å²) in [5, 5.41) is 13.9. The highest BCUT2D eigenvalue weighted by molar-refractivity contribution is 5.90. The normalized spacial score (nSPS) is 12.0. The summed E-state index contributed by atoms with van der Waals surface area (Å²) >= 11 is 0. The molecule has 0 saturated carbocycles. The molecule has 0 unspecified atom stereocenters. The van der Waals surface area contributed by atoms with Gasteiger partial charge in [0.25, 0.3) is 11.8 Å². The van der Waals surface area contributed by atoms with E-state index in [0.717, 1.165) is 10.6 Å². The zero-order chi connectivity index (χ0) is 25.7. The first-order valence-corrected chi connectivity index (χ1v) is 11.4. The first kappa shape index (κ1) is 28.6. The number of amides is 5. The van der Waals surface area contributed by atoms with Crippen molar-refractivity contribution in [1.29, 1.82) is 0 Å². The molecule has 5 amide bonds. The lowest BCUT2D eigenvalue weighted by Crippen LogP contribution is -2.61. The third-order valence-corrected chi connectivity index (χ3v) is 4.87. The number of hydroxylamine groups is 1. The summed E-state index contributed by atoms with van der Waals surface area (Å²) in [5.74, 6) is -1.72. The second-order valence-corrected chi connectivity index (χ2v) is 8.80. The highest BCUT2D eigenvalue weighted by Gasteiger charge is 2.36. The van der Waals surface area contributed by atoms with Gasteiger partial charge < -0.3 is 11.1 Å². The Morgan fingerprint density at radius 2 is 1.68 bits per heavy atom. The Kier molecular flexibility index (Phi) is 12.4. The summed E-state index contributed by atoms with van der Waals surface area (Å²) in [4.78, 5) is 50.2. The molecule has 0 saturated heterocycles. The molecule has 0 aromatic heterocycles. The van der Waals surface area contributed by atoms with Crippen LogP contribution in [0.2, 0.25) is 0 Å². The van der Waals surface area contributed by atoms with Crippen LogP contribution in [0.3, 0.4) is 0 Å². The molecule has 1 aromatic carbocycles. The Hall–Kier alpha value is -3.40. The highest BCUT2D eigenvalue weighted by atomic mass is 16.5. The number of benzene rings is 1. The first-order valence-electron chi connectivity index (χ1n) is 11.4. The topological polar surface area (TPSA) is 145 Å². The minimum absolute atomic E-state index is 0.0415. The zero-order valence-corrected chi connectivity index (χ0v) is 20.4. The molecule has 5 N–H and O–H groups in total. The molecule has 0 fully saturated rings. The van der Waals surface area contributed by atoms with E-state index in [0.29, 0.717) is 6.42 Å². The van der Waals surface area contributed by atoms with Gasteiger partial charge in [0.2, 0.25) is 5.91 Å². The highest BCUT2D eigenvalue weighted by Crippen LogP contribution is 2.18. The van der Waals surface area contributed by atoms with Crippen molar-refractivity contribution in [3.8, 4) is 0 Å². The van der Waals surface area contributed by atoms with Crippen molar-refractivity contribution in [2.24, 2.45) is 17.6 Å². The Labute approximate surface area is 201 Å². The number of urea groups is 1. The summed E-state index contributed by atoms with van der Waals surface area (Å²) in [6, 6.07) is 7.30. The fourth-order valence-corrected chi connectivity index (χ4v) is 3.20. The molecule has 0 aliphatic rings. The van der Waals surface area contributed by atoms with Gasteiger partial charge in [0.1, 0.15) is 12.6 Å². The summed E-state index contributed by atoms with van der Waals surface area (Å²) in [6.45, 7) is 7.32. The number of primary amides is 1. The molecule has 34 heavy (non-hydrogen) atoms. The van der Waals surface area contributed by atoms with Gasteiger partial charge in [-0.25, -0.2) is 20.3 Å². The van der Waals surface area contributed by atoms with Crippen LogP contribution < -0.4 is 16.5 Å². The van der Waals surface area contributed by atoms with Crippen LogP contribution in [0.4, 0.5) is 4.79 Å². The summed E-state index contributed by atoms with van der Waals surface area (Å²) in [5.41, 5.74) is 7.61. The maximum Gasteiger partial charge on any atom is 0.312 e. The Morgan fingerprint density at radius 3 is 2.21 bits per heavy atom. The SMILES string of the molecule is CC(C)CCC(=O)N([C@@H](CC=Cc1ccccc1)C(=O)NO)N(CC(C)C)C(=O)CNC(N)=O. The van der Waals surface area contributed by atoms with Crippen molar-refractivity contribution in [2.45, 2.75) is 53.0 Å². The average molecular weight is 476 g/mol. The molecule has 0 aliphatic heterocycles. The van der Waals surface area contributed by atoms with Gasteiger partial charge in [0, 0.05) is 13.0 Å². The van der Waals surface area contributed by atoms with Gasteiger partial charge in [-0.1, -0.05) is 70.2 Å². The van der Waals surface area contributed by atoms with Crippen molar-refractivity contribution in [3.05, 3.63) is 42.0 Å². The van der Waals surface area contributed by atoms with E-state index < -0.39 is 36.3 Å². The number of carbonyl (C=O) groups is 4. The van der Waals surface area contributed by atoms with Crippen LogP contribution in [0.1, 0.15) is 52.5 Å². The number of carbonyl (C=O) groups excluding carboxylic acids is 4. The minimum Gasteiger partial charge on any atom is -0.352 e. The van der Waals surface area contributed by atoms with Crippen LogP contribution in [0.15, 0.2) is 36.4 Å². The first-order chi connectivity index (χ1) is 16.1. The molecule has 0 heterocycles. The van der Waals surface area contributed by atoms with Crippen molar-refractivity contribution < 1.29 is 24.4 Å². The van der Waals surface area contributed by atoms with Gasteiger partial charge >= 0.3 is 6.03 Å². The van der Waals surface area contributed by atoms with Gasteiger partial charge in [-0.2, -0.15) is 0 Å². The van der Waals surface area contributed by atoms with Crippen LogP contribution in [0.25, 0.3) is 6.08 Å². The van der Waals surface area contributed by atoms with E-state index in [9.17, 15) is 24.4 Å². The quantitative estimate of drug-likeness (QED) is 0.271. The fourth-order valence-electron chi connectivity index (χ4n) is 3.20. The van der Waals surface area contributed by atoms with Crippen LogP contribution >= 0.6 is 0 Å². The van der Waals surface area contributed by atoms with Gasteiger partial charge in [0.05, 0.1) is 0 Å². The van der Waals surface area contributed by atoms with E-state index in [1.165, 1.54) is 5.01 Å². The largest absolute Gasteiger partial charge is 0.352 e. The lowest BCUT2D eigenvalue weighted by molar-refractivity contribution is -0.174. The Balaban J connectivity index is 3.37. The van der Waals surface area contributed by atoms with Crippen LogP contribution in [0.5, 0.6) is 0 Å². The van der Waals surface area contributed by atoms with Gasteiger partial charge in [-0.05, 0) is 30.2 Å². The fraction of sp³-hybridized carbons (Fsp3) is 0.500. The molecular weight excluding hydrogens is 438 g/mol. The van der Waals surface area contributed by atoms with Crippen molar-refractivity contribution in [3.63, 3.8) is 0 Å². The Bertz CT molecular complexity index is 841. The van der Waals surface area contributed by atoms with Crippen LogP contribution in [-0.2, 0) is 14.4 Å². The smallest absolute Gasteiger partial charge is 0.312 e. The maximum atomic E-state index is 13.3. The summed E-state index contributed by atoms with van der Waals surface area (Å²) < 4.78 is 0. The van der Waals surface area contributed by atoms with Crippen LogP contribution in [-0.4, -0.2) is 58.1 Å². The number of hydrogen-bond donors (Lipinski definition) is 4. The van der Waals surface area contributed by atoms with Crippen molar-refractivity contribution >= 4 is 29.8 Å². The van der Waals surface area contributed by atoms with Crippen molar-refractivity contribution in [2.75, 3.05) is 13.1 Å². The zero-order valence-electron chi connectivity index (χ0n) is 20.4. The van der Waals surface area contributed by atoms with E-state index in [1.54, 1.807) is 17.6 Å². The lowest BCUT2D eigenvalue weighted by atomic mass is 10.1. The molecule has 188 valence electrons. The van der Waals surface area contributed by atoms with Gasteiger partial charge in [-0.15, -0.1) is 0 Å². The molecular formula is C24H37N5O5. The molecule has 0 spiro atoms. The number of hydrogen-bond acceptors (Lipinski definition) is 5. The maximum absolute atomic E-state index is 13.3. The third kappa shape index (κ3) is 10.0. The molecule has 10 heteroatoms. The molecule has 10 nitrogen and oxygen atoms in total. The van der Waals surface area contributed by atoms with E-state index in [1.807, 2.05) is 58.0 Å². The monoisotopic (exact) mass is 475 g/mol. The summed E-state index contributed by atoms with van der Waals surface area (Å²) in [6.07, 6.45) is 4.18. The third-order valence-electron chi connectivity index (χ3n) is 4.87. The number of rotatable bonds is 12. The number of nitrogens with two attached hydrogens (primary N) is 1. The predicted molar refractivity (Wildman–Crippen MR) is 129 cm³/mol. The van der Waals surface area contributed by atoms with E-state index in [4.69, 9.17) is 5.73 Å². The summed E-state index contributed by atoms with van der Waals surface area (Å²) in [7, 11) is 0. The van der Waals surface area contributed by atoms with E-state index in [-0.39, 0.29) is 31.2 Å². The van der Waals surface area contributed by atoms with Gasteiger partial charge in [0.15, 0.2) is 0 Å². The van der Waals surface area contributed by atoms with Crippen LogP contribution in [0, 0.1) is 11.8 Å². The number of nitrogens with zero attached hydrogens (tertiary/aromatic N) is 2. The minimum atomic E-state index is -1.19. The van der Waals surface area contributed by atoms with Gasteiger partial charge in [-0.3, -0.25) is 19.6 Å². The molecule has 1 atom stereocenters. The average Bonchev–Trinajstić information content (AvgIpc) is 2.79. The van der Waals surface area contributed by atoms with Crippen molar-refractivity contribution in [1.82, 2.24) is 20.8 Å². The number of hydrazine groups is 1. The number of nitrogens with one attached hydrogen (secondary N) is 2. The molecule has 0 bridgehead atoms. The lowest BCUT2D eigenvalue weighted by Gasteiger charge is -2.40. The standard InChI is InChI=1S/C24H37N5O5/c1-17(2)13-14-21(30)29(28(16-18(3)4)22(31)15-26-24(25)33)20(23(32)27-34)12-8-11-19-9-6-5-7-10-19/h5-11,17-18,20,34H,12-16H2,1-4H3,(H,27,32)(H3,25,26,33)/t20-/m0/s1. The molecule has 0 aliphatic carbocycles. The Morgan fingerprint density at radius 1 is 1.03 bits per heavy atom. The second kappa shape index (κ2) is 14.7.